The van der Waals surface area contributed by atoms with Gasteiger partial charge in [0.1, 0.15) is 11.8 Å². The van der Waals surface area contributed by atoms with E-state index in [0.29, 0.717) is 32.7 Å². The van der Waals surface area contributed by atoms with Gasteiger partial charge in [-0.3, -0.25) is 14.5 Å². The number of urea groups is 1. The molecule has 2 saturated heterocycles. The fourth-order valence-electron chi connectivity index (χ4n) is 4.24. The first-order valence-electron chi connectivity index (χ1n) is 11.1. The number of rotatable bonds is 10. The molecule has 3 rings (SSSR count). The summed E-state index contributed by atoms with van der Waals surface area (Å²) in [7, 11) is 1.62. The number of carbonyl (C=O) groups is 3. The van der Waals surface area contributed by atoms with Gasteiger partial charge in [-0.25, -0.2) is 4.79 Å². The van der Waals surface area contributed by atoms with Crippen molar-refractivity contribution < 1.29 is 23.9 Å². The zero-order valence-corrected chi connectivity index (χ0v) is 18.4. The van der Waals surface area contributed by atoms with Crippen LogP contribution in [0.4, 0.5) is 4.79 Å². The molecule has 0 unspecified atom stereocenters. The molecule has 1 atom stereocenters. The summed E-state index contributed by atoms with van der Waals surface area (Å²) < 4.78 is 10.8. The Morgan fingerprint density at radius 2 is 1.97 bits per heavy atom. The molecule has 0 saturated carbocycles. The third kappa shape index (κ3) is 5.55. The van der Waals surface area contributed by atoms with Gasteiger partial charge in [-0.1, -0.05) is 25.5 Å². The van der Waals surface area contributed by atoms with E-state index in [2.05, 4.69) is 17.6 Å². The van der Waals surface area contributed by atoms with Crippen LogP contribution in [0.15, 0.2) is 24.3 Å². The highest BCUT2D eigenvalue weighted by Gasteiger charge is 2.44. The zero-order chi connectivity index (χ0) is 22.3. The van der Waals surface area contributed by atoms with Crippen LogP contribution in [0.1, 0.15) is 51.0 Å². The minimum absolute atomic E-state index is 0.0897. The summed E-state index contributed by atoms with van der Waals surface area (Å²) in [6, 6.07) is 6.76. The lowest BCUT2D eigenvalue weighted by atomic mass is 9.73. The van der Waals surface area contributed by atoms with E-state index in [1.54, 1.807) is 7.11 Å². The Labute approximate surface area is 183 Å². The first kappa shape index (κ1) is 23.1. The van der Waals surface area contributed by atoms with Crippen molar-refractivity contribution in [1.82, 2.24) is 15.5 Å². The van der Waals surface area contributed by atoms with E-state index in [1.165, 1.54) is 4.90 Å². The summed E-state index contributed by atoms with van der Waals surface area (Å²) in [6.07, 6.45) is 3.90. The second kappa shape index (κ2) is 10.6. The van der Waals surface area contributed by atoms with Crippen LogP contribution < -0.4 is 15.4 Å². The summed E-state index contributed by atoms with van der Waals surface area (Å²) in [5, 5.41) is 5.61. The minimum atomic E-state index is -0.655. The molecule has 2 heterocycles. The lowest BCUT2D eigenvalue weighted by Gasteiger charge is -2.39. The van der Waals surface area contributed by atoms with Crippen molar-refractivity contribution in [3.63, 3.8) is 0 Å². The van der Waals surface area contributed by atoms with Gasteiger partial charge in [0.2, 0.25) is 5.91 Å². The second-order valence-corrected chi connectivity index (χ2v) is 8.29. The number of ether oxygens (including phenoxy) is 2. The van der Waals surface area contributed by atoms with Crippen LogP contribution in [0.3, 0.4) is 0 Å². The molecule has 170 valence electrons. The topological polar surface area (TPSA) is 97.0 Å². The number of carbonyl (C=O) groups excluding carboxylic acids is 3. The van der Waals surface area contributed by atoms with Gasteiger partial charge < -0.3 is 20.1 Å². The number of nitrogens with one attached hydrogen (secondary N) is 2. The SMILES string of the molecule is CCCCNC(=O)CC[C@@H]1NC(=O)N(CC2(c3ccc(OC)cc3)CCOCC2)C1=O. The third-order valence-electron chi connectivity index (χ3n) is 6.23. The van der Waals surface area contributed by atoms with Crippen LogP contribution in [0.5, 0.6) is 5.75 Å². The minimum Gasteiger partial charge on any atom is -0.497 e. The van der Waals surface area contributed by atoms with Gasteiger partial charge >= 0.3 is 6.03 Å². The molecular weight excluding hydrogens is 398 g/mol. The molecule has 31 heavy (non-hydrogen) atoms. The summed E-state index contributed by atoms with van der Waals surface area (Å²) in [5.41, 5.74) is 0.708. The van der Waals surface area contributed by atoms with Gasteiger partial charge in [-0.05, 0) is 43.4 Å². The van der Waals surface area contributed by atoms with Crippen molar-refractivity contribution in [3.8, 4) is 5.75 Å². The largest absolute Gasteiger partial charge is 0.497 e. The predicted octanol–water partition coefficient (Wildman–Crippen LogP) is 2.36. The average Bonchev–Trinajstić information content (AvgIpc) is 3.06. The highest BCUT2D eigenvalue weighted by molar-refractivity contribution is 6.04. The maximum absolute atomic E-state index is 13.0. The van der Waals surface area contributed by atoms with Crippen molar-refractivity contribution >= 4 is 17.8 Å². The molecule has 0 spiro atoms. The molecule has 0 radical (unpaired) electrons. The fraction of sp³-hybridized carbons (Fsp3) is 0.609. The zero-order valence-electron chi connectivity index (χ0n) is 18.4. The van der Waals surface area contributed by atoms with Crippen molar-refractivity contribution in [1.29, 1.82) is 0 Å². The second-order valence-electron chi connectivity index (χ2n) is 8.29. The number of imide groups is 1. The third-order valence-corrected chi connectivity index (χ3v) is 6.23. The molecule has 1 aromatic rings. The van der Waals surface area contributed by atoms with Crippen LogP contribution in [-0.4, -0.2) is 62.2 Å². The molecular formula is C23H33N3O5. The number of hydrogen-bond acceptors (Lipinski definition) is 5. The molecule has 2 N–H and O–H groups in total. The van der Waals surface area contributed by atoms with Gasteiger partial charge in [0.05, 0.1) is 7.11 Å². The Morgan fingerprint density at radius 3 is 2.61 bits per heavy atom. The summed E-state index contributed by atoms with van der Waals surface area (Å²) in [5.74, 6) is 0.414. The van der Waals surface area contributed by atoms with Gasteiger partial charge in [0.25, 0.3) is 5.91 Å². The van der Waals surface area contributed by atoms with Gasteiger partial charge in [-0.15, -0.1) is 0 Å². The summed E-state index contributed by atoms with van der Waals surface area (Å²) in [6.45, 7) is 4.16. The Bertz CT molecular complexity index is 774. The molecule has 2 aliphatic rings. The van der Waals surface area contributed by atoms with Crippen LogP contribution >= 0.6 is 0 Å². The first-order chi connectivity index (χ1) is 15.0. The molecule has 1 aromatic carbocycles. The summed E-state index contributed by atoms with van der Waals surface area (Å²) in [4.78, 5) is 38.9. The number of amides is 4. The molecule has 0 aliphatic carbocycles. The molecule has 0 bridgehead atoms. The normalized spacial score (nSPS) is 20.5. The number of unbranched alkanes of at least 4 members (excludes halogenated alkanes) is 1. The van der Waals surface area contributed by atoms with Crippen molar-refractivity contribution in [2.24, 2.45) is 0 Å². The van der Waals surface area contributed by atoms with Crippen molar-refractivity contribution in [2.75, 3.05) is 33.4 Å². The number of methoxy groups -OCH3 is 1. The predicted molar refractivity (Wildman–Crippen MR) is 116 cm³/mol. The Hall–Kier alpha value is -2.61. The lowest BCUT2D eigenvalue weighted by molar-refractivity contribution is -0.129. The summed E-state index contributed by atoms with van der Waals surface area (Å²) >= 11 is 0. The Morgan fingerprint density at radius 1 is 1.26 bits per heavy atom. The average molecular weight is 432 g/mol. The smallest absolute Gasteiger partial charge is 0.324 e. The van der Waals surface area contributed by atoms with E-state index >= 15 is 0 Å². The van der Waals surface area contributed by atoms with E-state index in [0.717, 1.165) is 37.0 Å². The van der Waals surface area contributed by atoms with E-state index < -0.39 is 6.04 Å². The van der Waals surface area contributed by atoms with Gasteiger partial charge in [0, 0.05) is 38.1 Å². The first-order valence-corrected chi connectivity index (χ1v) is 11.1. The molecule has 2 aliphatic heterocycles. The Balaban J connectivity index is 1.66. The Kier molecular flexibility index (Phi) is 7.90. The molecule has 2 fully saturated rings. The molecule has 0 aromatic heterocycles. The van der Waals surface area contributed by atoms with Crippen molar-refractivity contribution in [3.05, 3.63) is 29.8 Å². The highest BCUT2D eigenvalue weighted by atomic mass is 16.5. The van der Waals surface area contributed by atoms with Crippen LogP contribution in [0.2, 0.25) is 0 Å². The van der Waals surface area contributed by atoms with E-state index in [9.17, 15) is 14.4 Å². The van der Waals surface area contributed by atoms with Gasteiger partial charge in [0.15, 0.2) is 0 Å². The maximum Gasteiger partial charge on any atom is 0.324 e. The fourth-order valence-corrected chi connectivity index (χ4v) is 4.24. The molecule has 4 amide bonds. The molecule has 8 heteroatoms. The monoisotopic (exact) mass is 431 g/mol. The number of hydrogen-bond donors (Lipinski definition) is 2. The van der Waals surface area contributed by atoms with Crippen LogP contribution in [0, 0.1) is 0 Å². The molecule has 8 nitrogen and oxygen atoms in total. The van der Waals surface area contributed by atoms with Crippen LogP contribution in [-0.2, 0) is 19.7 Å². The van der Waals surface area contributed by atoms with Gasteiger partial charge in [-0.2, -0.15) is 0 Å². The van der Waals surface area contributed by atoms with E-state index in [1.807, 2.05) is 24.3 Å². The van der Waals surface area contributed by atoms with E-state index in [-0.39, 0.29) is 29.7 Å². The van der Waals surface area contributed by atoms with Crippen molar-refractivity contribution in [2.45, 2.75) is 56.9 Å². The number of benzene rings is 1. The lowest BCUT2D eigenvalue weighted by Crippen LogP contribution is -2.47. The standard InChI is InChI=1S/C23H33N3O5/c1-3-4-13-24-20(27)10-9-19-21(28)26(22(29)25-19)16-23(11-14-31-15-12-23)17-5-7-18(30-2)8-6-17/h5-8,19H,3-4,9-16H2,1-2H3,(H,24,27)(H,25,29)/t19-/m0/s1. The van der Waals surface area contributed by atoms with E-state index in [4.69, 9.17) is 9.47 Å². The quantitative estimate of drug-likeness (QED) is 0.438. The van der Waals surface area contributed by atoms with Crippen LogP contribution in [0.25, 0.3) is 0 Å². The number of nitrogens with zero attached hydrogens (tertiary/aromatic N) is 1. The highest BCUT2D eigenvalue weighted by Crippen LogP contribution is 2.37. The maximum atomic E-state index is 13.0.